The van der Waals surface area contributed by atoms with Gasteiger partial charge in [-0.2, -0.15) is 0 Å². The molecule has 0 spiro atoms. The van der Waals surface area contributed by atoms with E-state index in [4.69, 9.17) is 0 Å². The summed E-state index contributed by atoms with van der Waals surface area (Å²) in [4.78, 5) is 0. The predicted molar refractivity (Wildman–Crippen MR) is 80.4 cm³/mol. The van der Waals surface area contributed by atoms with E-state index in [2.05, 4.69) is 37.2 Å². The molecule has 1 unspecified atom stereocenters. The van der Waals surface area contributed by atoms with E-state index in [0.717, 1.165) is 27.4 Å². The summed E-state index contributed by atoms with van der Waals surface area (Å²) in [5, 5.41) is 3.03. The molecule has 1 aromatic carbocycles. The maximum absolute atomic E-state index is 11.6. The Balaban J connectivity index is 1.87. The zero-order valence-corrected chi connectivity index (χ0v) is 13.8. The molecule has 1 aromatic rings. The molecule has 1 atom stereocenters. The molecule has 0 radical (unpaired) electrons. The number of halogens is 2. The van der Waals surface area contributed by atoms with E-state index in [-0.39, 0.29) is 5.25 Å². The molecular weight excluding hydrogens is 382 g/mol. The van der Waals surface area contributed by atoms with Crippen molar-refractivity contribution in [3.8, 4) is 0 Å². The molecule has 1 aliphatic heterocycles. The van der Waals surface area contributed by atoms with Gasteiger partial charge < -0.3 is 5.32 Å². The van der Waals surface area contributed by atoms with E-state index in [1.807, 2.05) is 18.2 Å². The van der Waals surface area contributed by atoms with Crippen LogP contribution in [0, 0.1) is 0 Å². The first-order valence-corrected chi connectivity index (χ1v) is 9.15. The second-order valence-corrected chi connectivity index (χ2v) is 8.62. The molecule has 0 amide bonds. The van der Waals surface area contributed by atoms with Crippen molar-refractivity contribution in [2.45, 2.75) is 24.6 Å². The third-order valence-electron chi connectivity index (χ3n) is 3.15. The van der Waals surface area contributed by atoms with Gasteiger partial charge >= 0.3 is 0 Å². The summed E-state index contributed by atoms with van der Waals surface area (Å²) in [7, 11) is -2.84. The quantitative estimate of drug-likeness (QED) is 0.850. The molecule has 1 saturated heterocycles. The van der Waals surface area contributed by atoms with Crippen molar-refractivity contribution >= 4 is 41.7 Å². The number of nitrogens with one attached hydrogen (secondary N) is 1. The number of rotatable bonds is 4. The van der Waals surface area contributed by atoms with Crippen LogP contribution in [-0.2, 0) is 16.4 Å². The maximum atomic E-state index is 11.6. The smallest absolute Gasteiger partial charge is 0.154 e. The molecule has 1 fully saturated rings. The van der Waals surface area contributed by atoms with E-state index in [1.54, 1.807) is 0 Å². The minimum Gasteiger partial charge on any atom is -0.311 e. The molecule has 0 aliphatic carbocycles. The summed E-state index contributed by atoms with van der Waals surface area (Å²) in [5.74, 6) is 0.350. The summed E-state index contributed by atoms with van der Waals surface area (Å²) >= 11 is 6.87. The highest BCUT2D eigenvalue weighted by Gasteiger charge is 2.30. The SMILES string of the molecule is O=S1(=O)CCCC1CNCc1ccc(Br)c(Br)c1. The van der Waals surface area contributed by atoms with Crippen LogP contribution in [0.2, 0.25) is 0 Å². The first kappa shape index (κ1) is 14.5. The standard InChI is InChI=1S/C12H15Br2NO2S/c13-11-4-3-9(6-12(11)14)7-15-8-10-2-1-5-18(10,16)17/h3-4,6,10,15H,1-2,5,7-8H2. The Bertz CT molecular complexity index is 531. The summed E-state index contributed by atoms with van der Waals surface area (Å²) in [6, 6.07) is 6.03. The average Bonchev–Trinajstić information content (AvgIpc) is 2.63. The van der Waals surface area contributed by atoms with Crippen LogP contribution in [0.1, 0.15) is 18.4 Å². The molecule has 1 heterocycles. The number of sulfone groups is 1. The van der Waals surface area contributed by atoms with E-state index < -0.39 is 9.84 Å². The molecule has 18 heavy (non-hydrogen) atoms. The maximum Gasteiger partial charge on any atom is 0.154 e. The Morgan fingerprint density at radius 2 is 2.06 bits per heavy atom. The van der Waals surface area contributed by atoms with Gasteiger partial charge in [0.1, 0.15) is 0 Å². The van der Waals surface area contributed by atoms with E-state index in [0.29, 0.717) is 18.8 Å². The second-order valence-electron chi connectivity index (χ2n) is 4.51. The van der Waals surface area contributed by atoms with Crippen molar-refractivity contribution in [2.75, 3.05) is 12.3 Å². The first-order chi connectivity index (χ1) is 8.49. The van der Waals surface area contributed by atoms with Crippen molar-refractivity contribution in [1.29, 1.82) is 0 Å². The molecule has 100 valence electrons. The molecule has 6 heteroatoms. The molecule has 1 N–H and O–H groups in total. The minimum absolute atomic E-state index is 0.198. The normalized spacial score (nSPS) is 22.2. The molecule has 3 nitrogen and oxygen atoms in total. The lowest BCUT2D eigenvalue weighted by Gasteiger charge is -2.11. The van der Waals surface area contributed by atoms with Crippen molar-refractivity contribution in [2.24, 2.45) is 0 Å². The van der Waals surface area contributed by atoms with Gasteiger partial charge in [-0.25, -0.2) is 8.42 Å². The van der Waals surface area contributed by atoms with Gasteiger partial charge in [0.25, 0.3) is 0 Å². The van der Waals surface area contributed by atoms with Crippen LogP contribution in [0.4, 0.5) is 0 Å². The largest absolute Gasteiger partial charge is 0.311 e. The van der Waals surface area contributed by atoms with Crippen LogP contribution in [0.3, 0.4) is 0 Å². The minimum atomic E-state index is -2.84. The van der Waals surface area contributed by atoms with E-state index >= 15 is 0 Å². The lowest BCUT2D eigenvalue weighted by molar-refractivity contribution is 0.574. The predicted octanol–water partition coefficient (Wildman–Crippen LogP) is 2.88. The third kappa shape index (κ3) is 3.56. The van der Waals surface area contributed by atoms with Crippen LogP contribution >= 0.6 is 31.9 Å². The Morgan fingerprint density at radius 3 is 2.67 bits per heavy atom. The summed E-state index contributed by atoms with van der Waals surface area (Å²) in [6.45, 7) is 1.24. The Hall–Kier alpha value is 0.0900. The van der Waals surface area contributed by atoms with Gasteiger partial charge in [-0.15, -0.1) is 0 Å². The summed E-state index contributed by atoms with van der Waals surface area (Å²) in [6.07, 6.45) is 1.60. The molecular formula is C12H15Br2NO2S. The molecule has 1 aliphatic rings. The highest BCUT2D eigenvalue weighted by Crippen LogP contribution is 2.24. The lowest BCUT2D eigenvalue weighted by Crippen LogP contribution is -2.30. The van der Waals surface area contributed by atoms with Gasteiger partial charge in [0.2, 0.25) is 0 Å². The average molecular weight is 397 g/mol. The number of hydrogen-bond acceptors (Lipinski definition) is 3. The van der Waals surface area contributed by atoms with E-state index in [1.165, 1.54) is 0 Å². The van der Waals surface area contributed by atoms with Crippen LogP contribution < -0.4 is 5.32 Å². The van der Waals surface area contributed by atoms with Crippen molar-refractivity contribution in [3.63, 3.8) is 0 Å². The number of hydrogen-bond donors (Lipinski definition) is 1. The zero-order chi connectivity index (χ0) is 13.2. The molecule has 0 aromatic heterocycles. The van der Waals surface area contributed by atoms with Crippen LogP contribution in [-0.4, -0.2) is 26.0 Å². The van der Waals surface area contributed by atoms with Crippen molar-refractivity contribution in [3.05, 3.63) is 32.7 Å². The number of benzene rings is 1. The fourth-order valence-electron chi connectivity index (χ4n) is 2.11. The van der Waals surface area contributed by atoms with Gasteiger partial charge in [-0.3, -0.25) is 0 Å². The fraction of sp³-hybridized carbons (Fsp3) is 0.500. The van der Waals surface area contributed by atoms with Gasteiger partial charge in [-0.1, -0.05) is 6.07 Å². The molecule has 0 saturated carbocycles. The van der Waals surface area contributed by atoms with Crippen LogP contribution in [0.5, 0.6) is 0 Å². The van der Waals surface area contributed by atoms with Crippen molar-refractivity contribution in [1.82, 2.24) is 5.32 Å². The van der Waals surface area contributed by atoms with Gasteiger partial charge in [0.15, 0.2) is 9.84 Å². The highest BCUT2D eigenvalue weighted by atomic mass is 79.9. The fourth-order valence-corrected chi connectivity index (χ4v) is 4.59. The van der Waals surface area contributed by atoms with Gasteiger partial charge in [-0.05, 0) is 62.4 Å². The third-order valence-corrected chi connectivity index (χ3v) is 7.30. The Labute approximate surface area is 125 Å². The lowest BCUT2D eigenvalue weighted by atomic mass is 10.2. The van der Waals surface area contributed by atoms with Crippen molar-refractivity contribution < 1.29 is 8.42 Å². The topological polar surface area (TPSA) is 46.2 Å². The Morgan fingerprint density at radius 1 is 1.28 bits per heavy atom. The van der Waals surface area contributed by atoms with Crippen LogP contribution in [0.15, 0.2) is 27.1 Å². The monoisotopic (exact) mass is 395 g/mol. The summed E-state index contributed by atoms with van der Waals surface area (Å²) in [5.41, 5.74) is 1.14. The Kier molecular flexibility index (Phi) is 4.86. The molecule has 2 rings (SSSR count). The summed E-state index contributed by atoms with van der Waals surface area (Å²) < 4.78 is 25.3. The highest BCUT2D eigenvalue weighted by molar-refractivity contribution is 9.13. The van der Waals surface area contributed by atoms with Crippen LogP contribution in [0.25, 0.3) is 0 Å². The zero-order valence-electron chi connectivity index (χ0n) is 9.83. The second kappa shape index (κ2) is 6.03. The van der Waals surface area contributed by atoms with E-state index in [9.17, 15) is 8.42 Å². The van der Waals surface area contributed by atoms with Gasteiger partial charge in [0.05, 0.1) is 11.0 Å². The molecule has 0 bridgehead atoms. The van der Waals surface area contributed by atoms with Gasteiger partial charge in [0, 0.05) is 22.0 Å². The first-order valence-electron chi connectivity index (χ1n) is 5.85.